The Morgan fingerprint density at radius 2 is 2.11 bits per heavy atom. The van der Waals surface area contributed by atoms with Crippen LogP contribution in [0, 0.1) is 18.6 Å². The molecule has 1 aliphatic carbocycles. The van der Waals surface area contributed by atoms with E-state index < -0.39 is 29.1 Å². The van der Waals surface area contributed by atoms with E-state index in [1.54, 1.807) is 13.8 Å². The second-order valence-corrected chi connectivity index (χ2v) is 7.06. The van der Waals surface area contributed by atoms with Crippen molar-refractivity contribution in [2.45, 2.75) is 45.3 Å². The van der Waals surface area contributed by atoms with E-state index >= 15 is 0 Å². The SMILES string of the molecule is Cc1nn(C2CC2)c2cnn(CC(=O)N[C@@H](C)c3cccc(F)c3F)c(=O)c12. The molecule has 146 valence electrons. The number of nitrogens with zero attached hydrogens (tertiary/aromatic N) is 4. The van der Waals surface area contributed by atoms with Gasteiger partial charge in [0.15, 0.2) is 11.6 Å². The number of hydrogen-bond acceptors (Lipinski definition) is 4. The third kappa shape index (κ3) is 3.17. The first-order chi connectivity index (χ1) is 13.4. The molecule has 9 heteroatoms. The molecule has 2 aromatic heterocycles. The van der Waals surface area contributed by atoms with E-state index in [-0.39, 0.29) is 12.1 Å². The van der Waals surface area contributed by atoms with Crippen LogP contribution in [0.15, 0.2) is 29.2 Å². The maximum absolute atomic E-state index is 13.9. The lowest BCUT2D eigenvalue weighted by atomic mass is 10.1. The highest BCUT2D eigenvalue weighted by Crippen LogP contribution is 2.36. The number of benzene rings is 1. The zero-order valence-corrected chi connectivity index (χ0v) is 15.4. The normalized spacial score (nSPS) is 15.0. The standard InChI is InChI=1S/C19H19F2N5O2/c1-10(13-4-3-5-14(20)18(13)21)23-16(27)9-25-19(28)17-11(2)24-26(12-6-7-12)15(17)8-22-25/h3-5,8,10,12H,6-7,9H2,1-2H3,(H,23,27)/t10-/m0/s1. The van der Waals surface area contributed by atoms with Crippen LogP contribution in [0.4, 0.5) is 8.78 Å². The number of hydrogen-bond donors (Lipinski definition) is 1. The molecule has 0 saturated heterocycles. The van der Waals surface area contributed by atoms with Gasteiger partial charge in [0.05, 0.1) is 34.9 Å². The van der Waals surface area contributed by atoms with Crippen LogP contribution in [0.5, 0.6) is 0 Å². The first-order valence-corrected chi connectivity index (χ1v) is 9.05. The minimum atomic E-state index is -1.00. The maximum atomic E-state index is 13.9. The molecular weight excluding hydrogens is 368 g/mol. The second kappa shape index (κ2) is 6.81. The van der Waals surface area contributed by atoms with Gasteiger partial charge in [-0.3, -0.25) is 14.3 Å². The number of carbonyl (C=O) groups is 1. The van der Waals surface area contributed by atoms with E-state index in [4.69, 9.17) is 0 Å². The summed E-state index contributed by atoms with van der Waals surface area (Å²) in [6.45, 7) is 2.96. The quantitative estimate of drug-likeness (QED) is 0.729. The highest BCUT2D eigenvalue weighted by atomic mass is 19.2. The van der Waals surface area contributed by atoms with Gasteiger partial charge in [-0.25, -0.2) is 13.5 Å². The molecule has 1 aliphatic rings. The number of halogens is 2. The van der Waals surface area contributed by atoms with Crippen LogP contribution in [0.25, 0.3) is 10.9 Å². The van der Waals surface area contributed by atoms with Crippen molar-refractivity contribution in [1.29, 1.82) is 0 Å². The van der Waals surface area contributed by atoms with Gasteiger partial charge in [0.1, 0.15) is 6.54 Å². The molecule has 0 unspecified atom stereocenters. The van der Waals surface area contributed by atoms with Crippen LogP contribution in [-0.2, 0) is 11.3 Å². The number of fused-ring (bicyclic) bond motifs is 1. The second-order valence-electron chi connectivity index (χ2n) is 7.06. The average molecular weight is 387 g/mol. The monoisotopic (exact) mass is 387 g/mol. The van der Waals surface area contributed by atoms with Gasteiger partial charge in [0.2, 0.25) is 5.91 Å². The van der Waals surface area contributed by atoms with Crippen molar-refractivity contribution in [2.75, 3.05) is 0 Å². The molecule has 4 rings (SSSR count). The zero-order chi connectivity index (χ0) is 20.0. The third-order valence-electron chi connectivity index (χ3n) is 4.90. The molecule has 2 heterocycles. The van der Waals surface area contributed by atoms with Gasteiger partial charge < -0.3 is 5.32 Å². The Labute approximate surface area is 159 Å². The summed E-state index contributed by atoms with van der Waals surface area (Å²) in [5, 5.41) is 11.5. The molecule has 1 saturated carbocycles. The van der Waals surface area contributed by atoms with Crippen molar-refractivity contribution in [3.8, 4) is 0 Å². The van der Waals surface area contributed by atoms with Gasteiger partial charge in [-0.2, -0.15) is 10.2 Å². The minimum absolute atomic E-state index is 0.0330. The summed E-state index contributed by atoms with van der Waals surface area (Å²) in [5.41, 5.74) is 0.891. The number of aromatic nitrogens is 4. The highest BCUT2D eigenvalue weighted by Gasteiger charge is 2.28. The van der Waals surface area contributed by atoms with Crippen LogP contribution < -0.4 is 10.9 Å². The molecule has 28 heavy (non-hydrogen) atoms. The molecule has 3 aromatic rings. The van der Waals surface area contributed by atoms with E-state index in [9.17, 15) is 18.4 Å². The molecule has 0 spiro atoms. The number of carbonyl (C=O) groups excluding carboxylic acids is 1. The summed E-state index contributed by atoms with van der Waals surface area (Å²) in [7, 11) is 0. The zero-order valence-electron chi connectivity index (χ0n) is 15.4. The molecule has 1 N–H and O–H groups in total. The van der Waals surface area contributed by atoms with Crippen LogP contribution in [0.1, 0.15) is 43.1 Å². The van der Waals surface area contributed by atoms with Gasteiger partial charge in [0, 0.05) is 5.56 Å². The maximum Gasteiger partial charge on any atom is 0.278 e. The van der Waals surface area contributed by atoms with Crippen LogP contribution in [0.3, 0.4) is 0 Å². The molecule has 1 atom stereocenters. The summed E-state index contributed by atoms with van der Waals surface area (Å²) in [6, 6.07) is 3.32. The summed E-state index contributed by atoms with van der Waals surface area (Å²) < 4.78 is 30.1. The summed E-state index contributed by atoms with van der Waals surface area (Å²) in [5.74, 6) is -2.52. The molecule has 7 nitrogen and oxygen atoms in total. The minimum Gasteiger partial charge on any atom is -0.348 e. The predicted molar refractivity (Wildman–Crippen MR) is 97.7 cm³/mol. The topological polar surface area (TPSA) is 81.8 Å². The van der Waals surface area contributed by atoms with E-state index in [0.29, 0.717) is 22.6 Å². The molecular formula is C19H19F2N5O2. The Bertz CT molecular complexity index is 1130. The first kappa shape index (κ1) is 18.3. The van der Waals surface area contributed by atoms with E-state index in [2.05, 4.69) is 15.5 Å². The number of nitrogens with one attached hydrogen (secondary N) is 1. The Kier molecular flexibility index (Phi) is 4.44. The lowest BCUT2D eigenvalue weighted by Gasteiger charge is -2.15. The van der Waals surface area contributed by atoms with E-state index in [1.807, 2.05) is 4.68 Å². The molecule has 1 amide bonds. The van der Waals surface area contributed by atoms with Gasteiger partial charge in [-0.05, 0) is 32.8 Å². The Balaban J connectivity index is 1.55. The number of amides is 1. The van der Waals surface area contributed by atoms with Crippen molar-refractivity contribution < 1.29 is 13.6 Å². The Hall–Kier alpha value is -3.10. The van der Waals surface area contributed by atoms with Gasteiger partial charge in [-0.15, -0.1) is 0 Å². The summed E-state index contributed by atoms with van der Waals surface area (Å²) in [4.78, 5) is 25.1. The highest BCUT2D eigenvalue weighted by molar-refractivity contribution is 5.81. The Morgan fingerprint density at radius 1 is 1.36 bits per heavy atom. The Morgan fingerprint density at radius 3 is 2.82 bits per heavy atom. The fraction of sp³-hybridized carbons (Fsp3) is 0.368. The van der Waals surface area contributed by atoms with Crippen LogP contribution in [-0.4, -0.2) is 25.5 Å². The lowest BCUT2D eigenvalue weighted by molar-refractivity contribution is -0.122. The number of rotatable bonds is 5. The number of aryl methyl sites for hydroxylation is 1. The van der Waals surface area contributed by atoms with Crippen LogP contribution in [0.2, 0.25) is 0 Å². The first-order valence-electron chi connectivity index (χ1n) is 9.05. The molecule has 0 radical (unpaired) electrons. The molecule has 1 aromatic carbocycles. The van der Waals surface area contributed by atoms with Gasteiger partial charge >= 0.3 is 0 Å². The average Bonchev–Trinajstić information content (AvgIpc) is 3.43. The van der Waals surface area contributed by atoms with Gasteiger partial charge in [0.25, 0.3) is 5.56 Å². The molecule has 0 aliphatic heterocycles. The third-order valence-corrected chi connectivity index (χ3v) is 4.90. The fourth-order valence-electron chi connectivity index (χ4n) is 3.33. The largest absolute Gasteiger partial charge is 0.348 e. The fourth-order valence-corrected chi connectivity index (χ4v) is 3.33. The van der Waals surface area contributed by atoms with Crippen molar-refractivity contribution in [3.63, 3.8) is 0 Å². The van der Waals surface area contributed by atoms with E-state index in [0.717, 1.165) is 23.6 Å². The van der Waals surface area contributed by atoms with Crippen LogP contribution >= 0.6 is 0 Å². The van der Waals surface area contributed by atoms with Crippen molar-refractivity contribution in [3.05, 3.63) is 57.6 Å². The van der Waals surface area contributed by atoms with Gasteiger partial charge in [-0.1, -0.05) is 12.1 Å². The lowest BCUT2D eigenvalue weighted by Crippen LogP contribution is -2.35. The smallest absolute Gasteiger partial charge is 0.278 e. The predicted octanol–water partition coefficient (Wildman–Crippen LogP) is 2.39. The molecule has 0 bridgehead atoms. The summed E-state index contributed by atoms with van der Waals surface area (Å²) in [6.07, 6.45) is 3.59. The van der Waals surface area contributed by atoms with Crippen molar-refractivity contribution >= 4 is 16.8 Å². The van der Waals surface area contributed by atoms with Crippen molar-refractivity contribution in [2.24, 2.45) is 0 Å². The van der Waals surface area contributed by atoms with E-state index in [1.165, 1.54) is 18.3 Å². The molecule has 1 fully saturated rings. The summed E-state index contributed by atoms with van der Waals surface area (Å²) >= 11 is 0. The van der Waals surface area contributed by atoms with Crippen molar-refractivity contribution in [1.82, 2.24) is 24.9 Å².